The van der Waals surface area contributed by atoms with E-state index in [4.69, 9.17) is 4.74 Å². The summed E-state index contributed by atoms with van der Waals surface area (Å²) < 4.78 is 7.31. The summed E-state index contributed by atoms with van der Waals surface area (Å²) in [6.07, 6.45) is 6.80. The molecule has 1 aliphatic rings. The van der Waals surface area contributed by atoms with Crippen molar-refractivity contribution in [2.24, 2.45) is 5.10 Å². The Morgan fingerprint density at radius 1 is 1.10 bits per heavy atom. The molecule has 0 radical (unpaired) electrons. The highest BCUT2D eigenvalue weighted by molar-refractivity contribution is 6.35. The van der Waals surface area contributed by atoms with Gasteiger partial charge in [0.2, 0.25) is 0 Å². The smallest absolute Gasteiger partial charge is 0.329 e. The van der Waals surface area contributed by atoms with Gasteiger partial charge in [0.25, 0.3) is 0 Å². The lowest BCUT2D eigenvalue weighted by molar-refractivity contribution is -0.139. The molecule has 2 N–H and O–H groups in total. The van der Waals surface area contributed by atoms with Gasteiger partial charge in [0.05, 0.1) is 13.3 Å². The zero-order valence-corrected chi connectivity index (χ0v) is 17.2. The summed E-state index contributed by atoms with van der Waals surface area (Å²) in [5.41, 5.74) is 6.22. The van der Waals surface area contributed by atoms with Crippen LogP contribution in [0.4, 0.5) is 0 Å². The number of hydrazone groups is 1. The maximum Gasteiger partial charge on any atom is 0.329 e. The third kappa shape index (κ3) is 5.04. The maximum absolute atomic E-state index is 12.0. The van der Waals surface area contributed by atoms with Gasteiger partial charge in [0.15, 0.2) is 0 Å². The highest BCUT2D eigenvalue weighted by Crippen LogP contribution is 2.22. The number of aromatic nitrogens is 1. The van der Waals surface area contributed by atoms with Gasteiger partial charge < -0.3 is 14.6 Å². The van der Waals surface area contributed by atoms with E-state index in [9.17, 15) is 9.59 Å². The number of amides is 2. The molecule has 0 bridgehead atoms. The largest absolute Gasteiger partial charge is 0.497 e. The summed E-state index contributed by atoms with van der Waals surface area (Å²) in [5, 5.41) is 6.76. The number of aryl methyl sites for hydroxylation is 1. The Kier molecular flexibility index (Phi) is 6.69. The second-order valence-corrected chi connectivity index (χ2v) is 7.37. The minimum absolute atomic E-state index is 0.0920. The van der Waals surface area contributed by atoms with Crippen LogP contribution < -0.4 is 15.5 Å². The van der Waals surface area contributed by atoms with Gasteiger partial charge in [-0.15, -0.1) is 0 Å². The fourth-order valence-electron chi connectivity index (χ4n) is 3.76. The minimum atomic E-state index is -0.740. The van der Waals surface area contributed by atoms with Crippen molar-refractivity contribution in [1.29, 1.82) is 0 Å². The lowest BCUT2D eigenvalue weighted by Gasteiger charge is -2.22. The monoisotopic (exact) mass is 396 g/mol. The molecule has 2 aromatic rings. The topological polar surface area (TPSA) is 84.7 Å². The summed E-state index contributed by atoms with van der Waals surface area (Å²) in [6.45, 7) is 3.99. The molecule has 1 fully saturated rings. The lowest BCUT2D eigenvalue weighted by atomic mass is 9.95. The Hall–Kier alpha value is -3.09. The third-order valence-corrected chi connectivity index (χ3v) is 5.32. The van der Waals surface area contributed by atoms with Crippen LogP contribution in [0.5, 0.6) is 5.75 Å². The fourth-order valence-corrected chi connectivity index (χ4v) is 3.76. The summed E-state index contributed by atoms with van der Waals surface area (Å²) >= 11 is 0. The number of nitrogens with one attached hydrogen (secondary N) is 2. The van der Waals surface area contributed by atoms with Crippen LogP contribution in [0.3, 0.4) is 0 Å². The van der Waals surface area contributed by atoms with E-state index in [1.807, 2.05) is 44.2 Å². The van der Waals surface area contributed by atoms with Crippen molar-refractivity contribution in [2.45, 2.75) is 52.0 Å². The van der Waals surface area contributed by atoms with Crippen LogP contribution in [0.15, 0.2) is 35.4 Å². The molecule has 3 rings (SSSR count). The molecule has 1 aromatic carbocycles. The van der Waals surface area contributed by atoms with E-state index in [1.165, 1.54) is 6.42 Å². The average Bonchev–Trinajstić information content (AvgIpc) is 3.02. The molecule has 7 nitrogen and oxygen atoms in total. The molecule has 0 spiro atoms. The van der Waals surface area contributed by atoms with Crippen LogP contribution >= 0.6 is 0 Å². The SMILES string of the molecule is COc1ccc(-n2c(C)cc(/C=N\NC(=O)C(=O)NC3CCCCC3)c2C)cc1. The lowest BCUT2D eigenvalue weighted by Crippen LogP contribution is -2.44. The van der Waals surface area contributed by atoms with E-state index in [2.05, 4.69) is 20.4 Å². The van der Waals surface area contributed by atoms with Gasteiger partial charge in [-0.05, 0) is 57.0 Å². The first kappa shape index (κ1) is 20.6. The maximum atomic E-state index is 12.0. The van der Waals surface area contributed by atoms with Crippen molar-refractivity contribution in [1.82, 2.24) is 15.3 Å². The predicted molar refractivity (Wildman–Crippen MR) is 113 cm³/mol. The number of benzene rings is 1. The molecule has 29 heavy (non-hydrogen) atoms. The summed E-state index contributed by atoms with van der Waals surface area (Å²) in [7, 11) is 1.64. The molecule has 1 aromatic heterocycles. The van der Waals surface area contributed by atoms with E-state index in [1.54, 1.807) is 13.3 Å². The number of methoxy groups -OCH3 is 1. The van der Waals surface area contributed by atoms with Crippen LogP contribution in [-0.2, 0) is 9.59 Å². The molecule has 0 atom stereocenters. The molecule has 7 heteroatoms. The van der Waals surface area contributed by atoms with Gasteiger partial charge in [-0.3, -0.25) is 9.59 Å². The Morgan fingerprint density at radius 3 is 2.45 bits per heavy atom. The van der Waals surface area contributed by atoms with E-state index in [-0.39, 0.29) is 6.04 Å². The van der Waals surface area contributed by atoms with Crippen molar-refractivity contribution >= 4 is 18.0 Å². The molecule has 1 saturated carbocycles. The molecular weight excluding hydrogens is 368 g/mol. The Morgan fingerprint density at radius 2 is 1.79 bits per heavy atom. The second-order valence-electron chi connectivity index (χ2n) is 7.37. The number of nitrogens with zero attached hydrogens (tertiary/aromatic N) is 2. The first-order valence-corrected chi connectivity index (χ1v) is 9.97. The quantitative estimate of drug-likeness (QED) is 0.463. The molecule has 1 heterocycles. The van der Waals surface area contributed by atoms with E-state index < -0.39 is 11.8 Å². The zero-order valence-electron chi connectivity index (χ0n) is 17.2. The van der Waals surface area contributed by atoms with Crippen molar-refractivity contribution in [2.75, 3.05) is 7.11 Å². The normalized spacial score (nSPS) is 14.7. The van der Waals surface area contributed by atoms with Crippen LogP contribution in [0, 0.1) is 13.8 Å². The van der Waals surface area contributed by atoms with E-state index >= 15 is 0 Å². The zero-order chi connectivity index (χ0) is 20.8. The Balaban J connectivity index is 1.63. The van der Waals surface area contributed by atoms with Crippen LogP contribution in [-0.4, -0.2) is 35.7 Å². The van der Waals surface area contributed by atoms with Gasteiger partial charge in [-0.1, -0.05) is 19.3 Å². The van der Waals surface area contributed by atoms with Crippen molar-refractivity contribution in [3.63, 3.8) is 0 Å². The molecule has 0 unspecified atom stereocenters. The van der Waals surface area contributed by atoms with Crippen LogP contribution in [0.1, 0.15) is 49.1 Å². The Labute approximate surface area is 171 Å². The van der Waals surface area contributed by atoms with Gasteiger partial charge in [0.1, 0.15) is 5.75 Å². The molecule has 2 amide bonds. The molecule has 0 saturated heterocycles. The predicted octanol–water partition coefficient (Wildman–Crippen LogP) is 3.00. The first-order chi connectivity index (χ1) is 14.0. The minimum Gasteiger partial charge on any atom is -0.497 e. The van der Waals surface area contributed by atoms with Crippen LogP contribution in [0.2, 0.25) is 0 Å². The summed E-state index contributed by atoms with van der Waals surface area (Å²) in [4.78, 5) is 24.0. The molecule has 1 aliphatic carbocycles. The standard InChI is InChI=1S/C22H28N4O3/c1-15-13-17(16(2)26(15)19-9-11-20(29-3)12-10-19)14-23-25-22(28)21(27)24-18-7-5-4-6-8-18/h9-14,18H,4-8H2,1-3H3,(H,24,27)(H,25,28)/b23-14-. The number of hydrogen-bond acceptors (Lipinski definition) is 4. The summed E-state index contributed by atoms with van der Waals surface area (Å²) in [6, 6.07) is 9.86. The van der Waals surface area contributed by atoms with Gasteiger partial charge in [-0.25, -0.2) is 5.43 Å². The Bertz CT molecular complexity index is 894. The van der Waals surface area contributed by atoms with Gasteiger partial charge in [0, 0.05) is 28.7 Å². The molecular formula is C22H28N4O3. The molecule has 154 valence electrons. The van der Waals surface area contributed by atoms with Gasteiger partial charge >= 0.3 is 11.8 Å². The number of ether oxygens (including phenoxy) is 1. The number of carbonyl (C=O) groups excluding carboxylic acids is 2. The fraction of sp³-hybridized carbons (Fsp3) is 0.409. The second kappa shape index (κ2) is 9.41. The van der Waals surface area contributed by atoms with E-state index in [0.29, 0.717) is 0 Å². The van der Waals surface area contributed by atoms with Crippen molar-refractivity contribution in [3.8, 4) is 11.4 Å². The number of hydrogen-bond donors (Lipinski definition) is 2. The first-order valence-electron chi connectivity index (χ1n) is 9.97. The third-order valence-electron chi connectivity index (χ3n) is 5.32. The van der Waals surface area contributed by atoms with Crippen molar-refractivity contribution < 1.29 is 14.3 Å². The number of carbonyl (C=O) groups is 2. The van der Waals surface area contributed by atoms with Gasteiger partial charge in [-0.2, -0.15) is 5.10 Å². The summed E-state index contributed by atoms with van der Waals surface area (Å²) in [5.74, 6) is -0.569. The molecule has 0 aliphatic heterocycles. The number of rotatable bonds is 5. The van der Waals surface area contributed by atoms with E-state index in [0.717, 1.165) is 54.1 Å². The van der Waals surface area contributed by atoms with Crippen molar-refractivity contribution in [3.05, 3.63) is 47.3 Å². The average molecular weight is 396 g/mol. The highest BCUT2D eigenvalue weighted by atomic mass is 16.5. The van der Waals surface area contributed by atoms with Crippen LogP contribution in [0.25, 0.3) is 5.69 Å². The highest BCUT2D eigenvalue weighted by Gasteiger charge is 2.20.